The molecular weight excluding hydrogens is 274 g/mol. The molecule has 1 aromatic carbocycles. The van der Waals surface area contributed by atoms with Crippen LogP contribution in [0.5, 0.6) is 0 Å². The zero-order valence-corrected chi connectivity index (χ0v) is 11.2. The molecule has 1 heterocycles. The molecule has 2 aromatic rings. The van der Waals surface area contributed by atoms with E-state index in [0.717, 1.165) is 5.56 Å². The number of carboxylic acids is 1. The summed E-state index contributed by atoms with van der Waals surface area (Å²) in [7, 11) is 0. The van der Waals surface area contributed by atoms with Crippen LogP contribution in [0.15, 0.2) is 53.3 Å². The molecule has 1 aromatic heterocycles. The van der Waals surface area contributed by atoms with Crippen LogP contribution in [0.2, 0.25) is 0 Å². The van der Waals surface area contributed by atoms with Crippen LogP contribution in [0.25, 0.3) is 0 Å². The normalized spacial score (nSPS) is 11.6. The Kier molecular flexibility index (Phi) is 4.98. The minimum absolute atomic E-state index is 0.0880. The topological polar surface area (TPSA) is 88.8 Å². The predicted molar refractivity (Wildman–Crippen MR) is 73.6 cm³/mol. The number of nitrogens with one attached hydrogen (secondary N) is 1. The number of rotatable bonds is 6. The number of furan rings is 1. The summed E-state index contributed by atoms with van der Waals surface area (Å²) in [4.78, 5) is 22.8. The van der Waals surface area contributed by atoms with Crippen molar-refractivity contribution in [3.8, 4) is 0 Å². The van der Waals surface area contributed by atoms with Gasteiger partial charge in [0, 0.05) is 6.42 Å². The summed E-state index contributed by atoms with van der Waals surface area (Å²) in [6.45, 7) is 0.0880. The molecule has 1 atom stereocenters. The number of benzene rings is 1. The zero-order chi connectivity index (χ0) is 15.1. The third kappa shape index (κ3) is 4.68. The van der Waals surface area contributed by atoms with Gasteiger partial charge in [-0.25, -0.2) is 9.59 Å². The lowest BCUT2D eigenvalue weighted by molar-refractivity contribution is -0.139. The van der Waals surface area contributed by atoms with Gasteiger partial charge in [-0.15, -0.1) is 0 Å². The molecule has 2 N–H and O–H groups in total. The molecule has 0 aliphatic carbocycles. The van der Waals surface area contributed by atoms with Gasteiger partial charge in [0.2, 0.25) is 0 Å². The molecule has 0 aliphatic heterocycles. The maximum Gasteiger partial charge on any atom is 0.408 e. The monoisotopic (exact) mass is 289 g/mol. The highest BCUT2D eigenvalue weighted by Crippen LogP contribution is 2.05. The van der Waals surface area contributed by atoms with Crippen molar-refractivity contribution in [2.75, 3.05) is 0 Å². The van der Waals surface area contributed by atoms with Crippen LogP contribution < -0.4 is 5.32 Å². The lowest BCUT2D eigenvalue weighted by atomic mass is 10.1. The van der Waals surface area contributed by atoms with E-state index in [1.165, 1.54) is 12.5 Å². The summed E-state index contributed by atoms with van der Waals surface area (Å²) in [6.07, 6.45) is 2.25. The van der Waals surface area contributed by atoms with Crippen molar-refractivity contribution in [3.63, 3.8) is 0 Å². The molecular formula is C15H15NO5. The van der Waals surface area contributed by atoms with Crippen molar-refractivity contribution in [2.24, 2.45) is 0 Å². The van der Waals surface area contributed by atoms with E-state index in [-0.39, 0.29) is 13.0 Å². The Morgan fingerprint density at radius 3 is 2.57 bits per heavy atom. The zero-order valence-electron chi connectivity index (χ0n) is 11.2. The van der Waals surface area contributed by atoms with Gasteiger partial charge in [-0.2, -0.15) is 0 Å². The van der Waals surface area contributed by atoms with Crippen LogP contribution in [-0.4, -0.2) is 23.2 Å². The number of hydrogen-bond acceptors (Lipinski definition) is 4. The smallest absolute Gasteiger partial charge is 0.408 e. The van der Waals surface area contributed by atoms with E-state index >= 15 is 0 Å². The molecule has 0 aliphatic rings. The Hall–Kier alpha value is -2.76. The van der Waals surface area contributed by atoms with E-state index in [0.29, 0.717) is 5.56 Å². The Morgan fingerprint density at radius 1 is 1.19 bits per heavy atom. The number of carboxylic acid groups (broad SMARTS) is 1. The van der Waals surface area contributed by atoms with Crippen LogP contribution in [0, 0.1) is 0 Å². The summed E-state index contributed by atoms with van der Waals surface area (Å²) in [5.41, 5.74) is 1.51. The third-order valence-electron chi connectivity index (χ3n) is 2.82. The minimum atomic E-state index is -1.13. The van der Waals surface area contributed by atoms with Crippen molar-refractivity contribution in [3.05, 3.63) is 60.1 Å². The standard InChI is InChI=1S/C15H15NO5/c17-14(18)13(8-12-6-7-20-9-12)16-15(19)21-10-11-4-2-1-3-5-11/h1-7,9,13H,8,10H2,(H,16,19)(H,17,18). The number of aliphatic carboxylic acids is 1. The maximum atomic E-state index is 11.6. The average molecular weight is 289 g/mol. The molecule has 0 spiro atoms. The van der Waals surface area contributed by atoms with Crippen molar-refractivity contribution < 1.29 is 23.8 Å². The van der Waals surface area contributed by atoms with Gasteiger partial charge in [0.1, 0.15) is 12.6 Å². The van der Waals surface area contributed by atoms with Gasteiger partial charge >= 0.3 is 12.1 Å². The molecule has 0 radical (unpaired) electrons. The summed E-state index contributed by atoms with van der Waals surface area (Å²) in [5.74, 6) is -1.13. The van der Waals surface area contributed by atoms with E-state index in [9.17, 15) is 9.59 Å². The van der Waals surface area contributed by atoms with Crippen LogP contribution in [0.3, 0.4) is 0 Å². The third-order valence-corrected chi connectivity index (χ3v) is 2.82. The van der Waals surface area contributed by atoms with Crippen LogP contribution in [0.1, 0.15) is 11.1 Å². The van der Waals surface area contributed by atoms with Crippen LogP contribution in [0.4, 0.5) is 4.79 Å². The van der Waals surface area contributed by atoms with E-state index < -0.39 is 18.1 Å². The SMILES string of the molecule is O=C(NC(Cc1ccoc1)C(=O)O)OCc1ccccc1. The molecule has 6 nitrogen and oxygen atoms in total. The fraction of sp³-hybridized carbons (Fsp3) is 0.200. The van der Waals surface area contributed by atoms with E-state index in [1.807, 2.05) is 30.3 Å². The summed E-state index contributed by atoms with van der Waals surface area (Å²) < 4.78 is 9.86. The van der Waals surface area contributed by atoms with Gasteiger partial charge in [-0.1, -0.05) is 30.3 Å². The van der Waals surface area contributed by atoms with E-state index in [4.69, 9.17) is 14.3 Å². The molecule has 0 bridgehead atoms. The second kappa shape index (κ2) is 7.14. The number of alkyl carbamates (subject to hydrolysis) is 1. The Morgan fingerprint density at radius 2 is 1.95 bits per heavy atom. The molecule has 6 heteroatoms. The number of carbonyl (C=O) groups is 2. The summed E-state index contributed by atoms with van der Waals surface area (Å²) in [6, 6.07) is 9.72. The highest BCUT2D eigenvalue weighted by Gasteiger charge is 2.21. The first-order valence-electron chi connectivity index (χ1n) is 6.36. The van der Waals surface area contributed by atoms with E-state index in [2.05, 4.69) is 5.32 Å². The van der Waals surface area contributed by atoms with Gasteiger partial charge in [0.05, 0.1) is 12.5 Å². The largest absolute Gasteiger partial charge is 0.480 e. The summed E-state index contributed by atoms with van der Waals surface area (Å²) in [5, 5.41) is 11.4. The number of ether oxygens (including phenoxy) is 1. The van der Waals surface area contributed by atoms with Crippen molar-refractivity contribution in [1.29, 1.82) is 0 Å². The van der Waals surface area contributed by atoms with Gasteiger partial charge in [0.25, 0.3) is 0 Å². The van der Waals surface area contributed by atoms with Gasteiger partial charge < -0.3 is 19.6 Å². The second-order valence-electron chi connectivity index (χ2n) is 4.43. The summed E-state index contributed by atoms with van der Waals surface area (Å²) >= 11 is 0. The van der Waals surface area contributed by atoms with Crippen LogP contribution in [-0.2, 0) is 22.6 Å². The average Bonchev–Trinajstić information content (AvgIpc) is 2.98. The molecule has 1 unspecified atom stereocenters. The fourth-order valence-electron chi connectivity index (χ4n) is 1.75. The van der Waals surface area contributed by atoms with Gasteiger partial charge in [-0.05, 0) is 17.2 Å². The highest BCUT2D eigenvalue weighted by atomic mass is 16.5. The number of hydrogen-bond donors (Lipinski definition) is 2. The maximum absolute atomic E-state index is 11.6. The second-order valence-corrected chi connectivity index (χ2v) is 4.43. The van der Waals surface area contributed by atoms with Gasteiger partial charge in [-0.3, -0.25) is 0 Å². The van der Waals surface area contributed by atoms with Crippen molar-refractivity contribution >= 4 is 12.1 Å². The Balaban J connectivity index is 1.85. The number of amides is 1. The molecule has 110 valence electrons. The molecule has 21 heavy (non-hydrogen) atoms. The highest BCUT2D eigenvalue weighted by molar-refractivity contribution is 5.80. The molecule has 0 fully saturated rings. The first-order chi connectivity index (χ1) is 10.1. The minimum Gasteiger partial charge on any atom is -0.480 e. The first-order valence-corrected chi connectivity index (χ1v) is 6.36. The molecule has 2 rings (SSSR count). The Labute approximate surface area is 121 Å². The predicted octanol–water partition coefficient (Wildman–Crippen LogP) is 2.20. The quantitative estimate of drug-likeness (QED) is 0.851. The van der Waals surface area contributed by atoms with Gasteiger partial charge in [0.15, 0.2) is 0 Å². The molecule has 0 saturated carbocycles. The number of carbonyl (C=O) groups excluding carboxylic acids is 1. The lowest BCUT2D eigenvalue weighted by Gasteiger charge is -2.13. The lowest BCUT2D eigenvalue weighted by Crippen LogP contribution is -2.42. The van der Waals surface area contributed by atoms with E-state index in [1.54, 1.807) is 6.07 Å². The van der Waals surface area contributed by atoms with Crippen LogP contribution >= 0.6 is 0 Å². The molecule has 0 saturated heterocycles. The first kappa shape index (κ1) is 14.6. The van der Waals surface area contributed by atoms with Crippen molar-refractivity contribution in [1.82, 2.24) is 5.32 Å². The molecule has 1 amide bonds. The fourth-order valence-corrected chi connectivity index (χ4v) is 1.75. The van der Waals surface area contributed by atoms with Crippen molar-refractivity contribution in [2.45, 2.75) is 19.1 Å². The Bertz CT molecular complexity index is 579.